The van der Waals surface area contributed by atoms with Crippen LogP contribution in [0.5, 0.6) is 23.0 Å². The Morgan fingerprint density at radius 2 is 0.843 bits per heavy atom. The summed E-state index contributed by atoms with van der Waals surface area (Å²) in [5.41, 5.74) is 28.6. The molecule has 2 N–H and O–H groups in total. The van der Waals surface area contributed by atoms with Crippen LogP contribution in [0, 0.1) is 0 Å². The fourth-order valence-corrected chi connectivity index (χ4v) is 15.9. The molecule has 0 atom stereocenters. The Labute approximate surface area is 525 Å². The van der Waals surface area contributed by atoms with Gasteiger partial charge in [-0.25, -0.2) is 0 Å². The van der Waals surface area contributed by atoms with Crippen molar-refractivity contribution in [3.8, 4) is 67.5 Å². The molecule has 2 aliphatic carbocycles. The molecule has 3 aliphatic rings. The van der Waals surface area contributed by atoms with E-state index in [9.17, 15) is 10.2 Å². The summed E-state index contributed by atoms with van der Waals surface area (Å²) >= 11 is 0. The van der Waals surface area contributed by atoms with Gasteiger partial charge in [-0.3, -0.25) is 0 Å². The summed E-state index contributed by atoms with van der Waals surface area (Å²) in [5.74, 6) is 1.81. The normalized spacial score (nSPS) is 13.5. The Bertz CT molecular complexity index is 5080. The third-order valence-corrected chi connectivity index (χ3v) is 20.3. The van der Waals surface area contributed by atoms with E-state index in [1.807, 2.05) is 15.7 Å². The number of para-hydroxylation sites is 4. The molecule has 0 saturated carbocycles. The minimum atomic E-state index is -0.807. The first-order valence-electron chi connectivity index (χ1n) is 30.9. The molecule has 0 bridgehead atoms. The highest BCUT2D eigenvalue weighted by molar-refractivity contribution is 6.64. The molecular weight excluding hydrogens is 1080 g/mol. The summed E-state index contributed by atoms with van der Waals surface area (Å²) in [6.07, 6.45) is 0. The first-order valence-corrected chi connectivity index (χ1v) is 30.9. The number of aromatic hydroxyl groups is 2. The Morgan fingerprint density at radius 1 is 0.360 bits per heavy atom. The second-order valence-corrected chi connectivity index (χ2v) is 25.2. The molecule has 1 spiro atoms. The van der Waals surface area contributed by atoms with Crippen LogP contribution in [0.25, 0.3) is 66.4 Å². The van der Waals surface area contributed by atoms with Crippen LogP contribution >= 0.6 is 0 Å². The summed E-state index contributed by atoms with van der Waals surface area (Å²) in [4.78, 5) is 4.78. The van der Waals surface area contributed by atoms with Crippen molar-refractivity contribution >= 4 is 149 Å². The van der Waals surface area contributed by atoms with Crippen LogP contribution in [-0.2, 0) is 10.8 Å². The van der Waals surface area contributed by atoms with E-state index in [1.54, 1.807) is 7.85 Å². The predicted octanol–water partition coefficient (Wildman–Crippen LogP) is 7.85. The van der Waals surface area contributed by atoms with Gasteiger partial charge in [-0.15, -0.1) is 0 Å². The number of anilines is 6. The van der Waals surface area contributed by atoms with Crippen molar-refractivity contribution in [2.24, 2.45) is 0 Å². The zero-order chi connectivity index (χ0) is 60.9. The van der Waals surface area contributed by atoms with Crippen molar-refractivity contribution in [2.45, 2.75) is 24.7 Å². The number of phenolic OH excluding ortho intramolecular Hbond substituents is 2. The lowest BCUT2D eigenvalue weighted by Crippen LogP contribution is -2.46. The maximum absolute atomic E-state index is 11.5. The van der Waals surface area contributed by atoms with E-state index in [-0.39, 0.29) is 16.9 Å². The molecule has 0 amide bonds. The Kier molecular flexibility index (Phi) is 12.2. The molecule has 1 aromatic heterocycles. The van der Waals surface area contributed by atoms with Gasteiger partial charge in [0.1, 0.15) is 83.5 Å². The Hall–Kier alpha value is -10.1. The summed E-state index contributed by atoms with van der Waals surface area (Å²) in [6, 6.07) is 81.4. The van der Waals surface area contributed by atoms with Gasteiger partial charge in [-0.1, -0.05) is 187 Å². The fraction of sp³-hybridized carbons (Fsp3) is 0.0526. The van der Waals surface area contributed by atoms with E-state index in [0.717, 1.165) is 134 Å². The van der Waals surface area contributed by atoms with E-state index in [4.69, 9.17) is 9.15 Å². The lowest BCUT2D eigenvalue weighted by molar-refractivity contribution is 0.438. The molecule has 0 unspecified atom stereocenters. The minimum Gasteiger partial charge on any atom is -0.509 e. The quantitative estimate of drug-likeness (QED) is 0.151. The van der Waals surface area contributed by atoms with Crippen LogP contribution in [0.1, 0.15) is 47.2 Å². The number of fused-ring (bicyclic) bond motifs is 15. The molecule has 13 heteroatoms. The number of hydrogen-bond acceptors (Lipinski definition) is 6. The average Bonchev–Trinajstić information content (AvgIpc) is 1.61. The van der Waals surface area contributed by atoms with Crippen LogP contribution in [0.15, 0.2) is 229 Å². The first kappa shape index (κ1) is 54.3. The lowest BCUT2D eigenvalue weighted by atomic mass is 9.59. The van der Waals surface area contributed by atoms with Gasteiger partial charge in [-0.05, 0) is 150 Å². The zero-order valence-corrected chi connectivity index (χ0v) is 51.5. The number of hydrogen-bond donors (Lipinski definition) is 2. The van der Waals surface area contributed by atoms with Gasteiger partial charge < -0.3 is 29.2 Å². The van der Waals surface area contributed by atoms with Crippen molar-refractivity contribution in [1.82, 2.24) is 0 Å². The summed E-state index contributed by atoms with van der Waals surface area (Å²) in [7, 11) is 14.5. The van der Waals surface area contributed by atoms with Gasteiger partial charge in [0.25, 0.3) is 0 Å². The largest absolute Gasteiger partial charge is 0.509 e. The van der Waals surface area contributed by atoms with Crippen LogP contribution in [0.3, 0.4) is 0 Å². The van der Waals surface area contributed by atoms with Crippen molar-refractivity contribution < 1.29 is 19.4 Å². The topological polar surface area (TPSA) is 69.3 Å². The smallest absolute Gasteiger partial charge is 0.159 e. The van der Waals surface area contributed by atoms with Gasteiger partial charge in [0.2, 0.25) is 0 Å². The van der Waals surface area contributed by atoms with Gasteiger partial charge in [0.15, 0.2) is 5.58 Å². The molecule has 13 aromatic rings. The van der Waals surface area contributed by atoms with E-state index >= 15 is 0 Å². The highest BCUT2D eigenvalue weighted by atomic mass is 16.5. The van der Waals surface area contributed by atoms with E-state index < -0.39 is 5.41 Å². The molecule has 89 heavy (non-hydrogen) atoms. The lowest BCUT2D eigenvalue weighted by Gasteiger charge is -2.41. The van der Waals surface area contributed by atoms with Gasteiger partial charge >= 0.3 is 0 Å². The zero-order valence-electron chi connectivity index (χ0n) is 51.5. The number of furan rings is 1. The molecule has 6 nitrogen and oxygen atoms in total. The Morgan fingerprint density at radius 3 is 1.47 bits per heavy atom. The molecule has 1 aliphatic heterocycles. The maximum atomic E-state index is 11.5. The molecule has 2 heterocycles. The predicted molar refractivity (Wildman–Crippen MR) is 389 cm³/mol. The highest BCUT2D eigenvalue weighted by Crippen LogP contribution is 2.64. The SMILES string of the molecule is Bc1c(O)c(B)c(-c2c(B)c(B)c(-c3cc(N(c4ccccc4)c4cccc5c4oc4cccc(N(c6ccccc6)c6ccc7c(c6)C(C)(C)c6ccccc6-7)c45)cc4c3Oc3ccccc3C43c4ccccc4-c4ccccc43)c(B)c2B)c(B)c1O. The monoisotopic (exact) mass is 1140 g/mol. The number of ether oxygens (including phenoxy) is 1. The second kappa shape index (κ2) is 20.0. The fourth-order valence-electron chi connectivity index (χ4n) is 15.9. The van der Waals surface area contributed by atoms with E-state index in [2.05, 4.69) is 279 Å². The number of benzene rings is 12. The molecule has 16 rings (SSSR count). The molecule has 0 fully saturated rings. The summed E-state index contributed by atoms with van der Waals surface area (Å²) in [5, 5.41) is 25.1. The van der Waals surface area contributed by atoms with E-state index in [1.165, 1.54) is 44.5 Å². The molecule has 12 aromatic carbocycles. The average molecular weight is 1140 g/mol. The number of phenols is 2. The Balaban J connectivity index is 0.981. The molecular formula is C76H59B7N2O4. The third kappa shape index (κ3) is 7.60. The van der Waals surface area contributed by atoms with Gasteiger partial charge in [0.05, 0.1) is 22.2 Å². The first-order chi connectivity index (χ1) is 43.2. The standard InChI is InChI=1S/C76H59B7N2O4/c1-75(2)50-27-12-9-23-44(50)47-36-35-42(38-54(47)75)84(40-19-5-3-6-20-40)56-31-18-34-59-60(56)48-26-17-32-57(74(48)89-59)85(41-21-7-4-8-22-41)43-37-49(61-64(77)66(79)62(67(80)65(61)78)63-68(81)71(86)70(83)72(87)69(63)82)73-55(39-43)76(53-30-15-16-33-58(53)88-73)51-28-13-10-24-45(51)46-25-11-14-29-52(46)76/h3-39,86-87H,77-83H2,1-2H3. The van der Waals surface area contributed by atoms with Crippen LogP contribution in [0.2, 0.25) is 0 Å². The van der Waals surface area contributed by atoms with E-state index in [0.29, 0.717) is 5.46 Å². The highest BCUT2D eigenvalue weighted by Gasteiger charge is 2.52. The molecule has 0 saturated heterocycles. The summed E-state index contributed by atoms with van der Waals surface area (Å²) < 4.78 is 15.0. The molecule has 0 radical (unpaired) electrons. The van der Waals surface area contributed by atoms with Gasteiger partial charge in [-0.2, -0.15) is 0 Å². The molecule has 418 valence electrons. The van der Waals surface area contributed by atoms with Crippen LogP contribution in [0.4, 0.5) is 34.1 Å². The van der Waals surface area contributed by atoms with Crippen molar-refractivity contribution in [1.29, 1.82) is 0 Å². The van der Waals surface area contributed by atoms with Crippen LogP contribution in [-0.4, -0.2) is 65.1 Å². The van der Waals surface area contributed by atoms with Crippen molar-refractivity contribution in [2.75, 3.05) is 9.80 Å². The second-order valence-electron chi connectivity index (χ2n) is 25.2. The minimum absolute atomic E-state index is 0.109. The maximum Gasteiger partial charge on any atom is 0.159 e. The summed E-state index contributed by atoms with van der Waals surface area (Å²) in [6.45, 7) is 4.69. The van der Waals surface area contributed by atoms with Gasteiger partial charge in [0, 0.05) is 50.2 Å². The van der Waals surface area contributed by atoms with Crippen molar-refractivity contribution in [3.05, 3.63) is 258 Å². The number of rotatable bonds is 8. The van der Waals surface area contributed by atoms with Crippen LogP contribution < -0.4 is 52.8 Å². The third-order valence-electron chi connectivity index (χ3n) is 20.3. The van der Waals surface area contributed by atoms with Crippen molar-refractivity contribution in [3.63, 3.8) is 0 Å². The number of nitrogens with zero attached hydrogens (tertiary/aromatic N) is 2.